The molecule has 0 heterocycles. The SMILES string of the molecule is CC(=C1C=CC(=Nc2ccc(N(C)C)cc2C)C=C1)C(C)C. The Balaban J connectivity index is 2.25. The molecule has 0 aliphatic heterocycles. The Labute approximate surface area is 134 Å². The van der Waals surface area contributed by atoms with Crippen molar-refractivity contribution in [2.24, 2.45) is 10.9 Å². The average Bonchev–Trinajstić information content (AvgIpc) is 2.49. The van der Waals surface area contributed by atoms with Gasteiger partial charge < -0.3 is 4.90 Å². The second kappa shape index (κ2) is 6.78. The van der Waals surface area contributed by atoms with Crippen molar-refractivity contribution in [3.8, 4) is 0 Å². The number of benzene rings is 1. The summed E-state index contributed by atoms with van der Waals surface area (Å²) in [6, 6.07) is 6.37. The molecule has 0 amide bonds. The van der Waals surface area contributed by atoms with E-state index in [0.717, 1.165) is 11.4 Å². The Morgan fingerprint density at radius 3 is 2.18 bits per heavy atom. The molecule has 2 rings (SSSR count). The summed E-state index contributed by atoms with van der Waals surface area (Å²) in [5.41, 5.74) is 7.14. The van der Waals surface area contributed by atoms with Gasteiger partial charge in [0.1, 0.15) is 0 Å². The highest BCUT2D eigenvalue weighted by Crippen LogP contribution is 2.25. The first-order valence-electron chi connectivity index (χ1n) is 7.82. The molecular weight excluding hydrogens is 268 g/mol. The summed E-state index contributed by atoms with van der Waals surface area (Å²) in [6.45, 7) is 8.75. The van der Waals surface area contributed by atoms with Gasteiger partial charge in [0.05, 0.1) is 11.4 Å². The molecule has 0 radical (unpaired) electrons. The van der Waals surface area contributed by atoms with Gasteiger partial charge in [0.15, 0.2) is 0 Å². The molecule has 0 spiro atoms. The molecule has 0 atom stereocenters. The second-order valence-electron chi connectivity index (χ2n) is 6.36. The minimum Gasteiger partial charge on any atom is -0.378 e. The van der Waals surface area contributed by atoms with Crippen LogP contribution >= 0.6 is 0 Å². The minimum atomic E-state index is 0.573. The van der Waals surface area contributed by atoms with Gasteiger partial charge in [-0.15, -0.1) is 0 Å². The Morgan fingerprint density at radius 2 is 1.68 bits per heavy atom. The van der Waals surface area contributed by atoms with E-state index in [4.69, 9.17) is 4.99 Å². The van der Waals surface area contributed by atoms with Crippen molar-refractivity contribution in [2.75, 3.05) is 19.0 Å². The number of aryl methyl sites for hydroxylation is 1. The van der Waals surface area contributed by atoms with Crippen molar-refractivity contribution >= 4 is 17.1 Å². The molecule has 0 aromatic heterocycles. The van der Waals surface area contributed by atoms with Gasteiger partial charge in [-0.1, -0.05) is 31.6 Å². The zero-order valence-corrected chi connectivity index (χ0v) is 14.5. The van der Waals surface area contributed by atoms with Crippen molar-refractivity contribution in [3.63, 3.8) is 0 Å². The van der Waals surface area contributed by atoms with E-state index in [1.165, 1.54) is 22.4 Å². The van der Waals surface area contributed by atoms with Gasteiger partial charge in [0.25, 0.3) is 0 Å². The number of hydrogen-bond donors (Lipinski definition) is 0. The normalized spacial score (nSPS) is 13.8. The van der Waals surface area contributed by atoms with Crippen molar-refractivity contribution in [1.82, 2.24) is 0 Å². The van der Waals surface area contributed by atoms with Crippen molar-refractivity contribution in [1.29, 1.82) is 0 Å². The largest absolute Gasteiger partial charge is 0.378 e. The van der Waals surface area contributed by atoms with E-state index in [2.05, 4.69) is 89.2 Å². The summed E-state index contributed by atoms with van der Waals surface area (Å²) in [4.78, 5) is 6.87. The van der Waals surface area contributed by atoms with Gasteiger partial charge in [-0.2, -0.15) is 0 Å². The summed E-state index contributed by atoms with van der Waals surface area (Å²) < 4.78 is 0. The summed E-state index contributed by atoms with van der Waals surface area (Å²) >= 11 is 0. The maximum atomic E-state index is 4.76. The molecule has 1 aromatic rings. The van der Waals surface area contributed by atoms with Crippen molar-refractivity contribution in [2.45, 2.75) is 27.7 Å². The first-order chi connectivity index (χ1) is 10.4. The highest BCUT2D eigenvalue weighted by Gasteiger charge is 2.06. The minimum absolute atomic E-state index is 0.573. The van der Waals surface area contributed by atoms with Crippen LogP contribution in [-0.2, 0) is 0 Å². The zero-order chi connectivity index (χ0) is 16.3. The van der Waals surface area contributed by atoms with Crippen LogP contribution in [-0.4, -0.2) is 19.8 Å². The van der Waals surface area contributed by atoms with Crippen LogP contribution in [0.2, 0.25) is 0 Å². The fourth-order valence-corrected chi connectivity index (χ4v) is 2.31. The molecule has 22 heavy (non-hydrogen) atoms. The number of rotatable bonds is 3. The lowest BCUT2D eigenvalue weighted by molar-refractivity contribution is 0.764. The molecule has 0 fully saturated rings. The summed E-state index contributed by atoms with van der Waals surface area (Å²) in [6.07, 6.45) is 8.52. The number of nitrogens with zero attached hydrogens (tertiary/aromatic N) is 2. The highest BCUT2D eigenvalue weighted by atomic mass is 15.1. The van der Waals surface area contributed by atoms with Crippen LogP contribution in [0.1, 0.15) is 26.3 Å². The predicted octanol–water partition coefficient (Wildman–Crippen LogP) is 5.23. The molecule has 2 heteroatoms. The van der Waals surface area contributed by atoms with Crippen LogP contribution in [0.25, 0.3) is 0 Å². The Kier molecular flexibility index (Phi) is 5.02. The van der Waals surface area contributed by atoms with Crippen molar-refractivity contribution in [3.05, 3.63) is 59.2 Å². The zero-order valence-electron chi connectivity index (χ0n) is 14.5. The smallest absolute Gasteiger partial charge is 0.0667 e. The molecule has 1 aliphatic rings. The summed E-state index contributed by atoms with van der Waals surface area (Å²) in [5, 5.41) is 0. The monoisotopic (exact) mass is 294 g/mol. The van der Waals surface area contributed by atoms with Gasteiger partial charge in [-0.25, -0.2) is 4.99 Å². The van der Waals surface area contributed by atoms with Crippen molar-refractivity contribution < 1.29 is 0 Å². The quantitative estimate of drug-likeness (QED) is 0.745. The fraction of sp³-hybridized carbons (Fsp3) is 0.350. The van der Waals surface area contributed by atoms with Crippen LogP contribution in [0.5, 0.6) is 0 Å². The average molecular weight is 294 g/mol. The molecule has 0 bridgehead atoms. The predicted molar refractivity (Wildman–Crippen MR) is 98.4 cm³/mol. The highest BCUT2D eigenvalue weighted by molar-refractivity contribution is 6.07. The van der Waals surface area contributed by atoms with E-state index in [9.17, 15) is 0 Å². The van der Waals surface area contributed by atoms with Crippen LogP contribution in [0.4, 0.5) is 11.4 Å². The first kappa shape index (κ1) is 16.3. The van der Waals surface area contributed by atoms with Gasteiger partial charge in [0, 0.05) is 19.8 Å². The van der Waals surface area contributed by atoms with Gasteiger partial charge in [-0.3, -0.25) is 0 Å². The molecule has 116 valence electrons. The molecule has 2 nitrogen and oxygen atoms in total. The lowest BCUT2D eigenvalue weighted by atomic mass is 9.96. The van der Waals surface area contributed by atoms with E-state index < -0.39 is 0 Å². The first-order valence-corrected chi connectivity index (χ1v) is 7.82. The molecule has 1 aromatic carbocycles. The van der Waals surface area contributed by atoms with Crippen LogP contribution in [0.3, 0.4) is 0 Å². The maximum absolute atomic E-state index is 4.76. The molecule has 0 saturated carbocycles. The van der Waals surface area contributed by atoms with E-state index in [0.29, 0.717) is 5.92 Å². The Morgan fingerprint density at radius 1 is 1.05 bits per heavy atom. The molecular formula is C20H26N2. The fourth-order valence-electron chi connectivity index (χ4n) is 2.31. The molecule has 0 saturated heterocycles. The van der Waals surface area contributed by atoms with Crippen LogP contribution < -0.4 is 4.90 Å². The summed E-state index contributed by atoms with van der Waals surface area (Å²) in [5.74, 6) is 0.573. The van der Waals surface area contributed by atoms with Gasteiger partial charge in [0.2, 0.25) is 0 Å². The van der Waals surface area contributed by atoms with E-state index in [1.54, 1.807) is 0 Å². The Bertz CT molecular complexity index is 653. The van der Waals surface area contributed by atoms with Crippen LogP contribution in [0.15, 0.2) is 58.6 Å². The second-order valence-corrected chi connectivity index (χ2v) is 6.36. The van der Waals surface area contributed by atoms with E-state index >= 15 is 0 Å². The third kappa shape index (κ3) is 3.76. The maximum Gasteiger partial charge on any atom is 0.0667 e. The molecule has 0 unspecified atom stereocenters. The standard InChI is InChI=1S/C20H26N2/c1-14(2)16(4)17-7-9-18(10-8-17)21-20-12-11-19(22(5)6)13-15(20)3/h7-14H,1-6H3. The number of hydrogen-bond acceptors (Lipinski definition) is 2. The van der Waals surface area contributed by atoms with E-state index in [1.807, 2.05) is 0 Å². The number of allylic oxidation sites excluding steroid dienone is 6. The van der Waals surface area contributed by atoms with E-state index in [-0.39, 0.29) is 0 Å². The topological polar surface area (TPSA) is 15.6 Å². The van der Waals surface area contributed by atoms with Crippen LogP contribution in [0, 0.1) is 12.8 Å². The third-order valence-electron chi connectivity index (χ3n) is 4.13. The Hall–Kier alpha value is -2.09. The third-order valence-corrected chi connectivity index (χ3v) is 4.13. The van der Waals surface area contributed by atoms with Gasteiger partial charge >= 0.3 is 0 Å². The number of anilines is 1. The summed E-state index contributed by atoms with van der Waals surface area (Å²) in [7, 11) is 4.11. The lowest BCUT2D eigenvalue weighted by Gasteiger charge is -2.14. The lowest BCUT2D eigenvalue weighted by Crippen LogP contribution is -2.08. The van der Waals surface area contributed by atoms with Gasteiger partial charge in [-0.05, 0) is 61.3 Å². The molecule has 0 N–H and O–H groups in total. The number of aliphatic imine (C=N–C) groups is 1. The molecule has 1 aliphatic carbocycles.